The summed E-state index contributed by atoms with van der Waals surface area (Å²) in [6.45, 7) is -1.37. The van der Waals surface area contributed by atoms with Crippen LogP contribution in [-0.4, -0.2) is 45.9 Å². The zero-order chi connectivity index (χ0) is 19.3. The second-order valence-electron chi connectivity index (χ2n) is 6.73. The smallest absolute Gasteiger partial charge is 0.381 e. The van der Waals surface area contributed by atoms with Crippen LogP contribution in [0.4, 0.5) is 27.6 Å². The lowest BCUT2D eigenvalue weighted by Gasteiger charge is -2.40. The van der Waals surface area contributed by atoms with Crippen molar-refractivity contribution >= 4 is 15.5 Å². The van der Waals surface area contributed by atoms with Crippen LogP contribution in [0.3, 0.4) is 0 Å². The normalized spacial score (nSPS) is 26.0. The fourth-order valence-electron chi connectivity index (χ4n) is 3.46. The Labute approximate surface area is 147 Å². The van der Waals surface area contributed by atoms with Gasteiger partial charge in [0.2, 0.25) is 0 Å². The Morgan fingerprint density at radius 1 is 1.19 bits per heavy atom. The second-order valence-corrected chi connectivity index (χ2v) is 8.92. The van der Waals surface area contributed by atoms with E-state index in [0.29, 0.717) is 12.5 Å². The van der Waals surface area contributed by atoms with Crippen molar-refractivity contribution in [2.24, 2.45) is 0 Å². The van der Waals surface area contributed by atoms with Crippen LogP contribution in [0.25, 0.3) is 0 Å². The van der Waals surface area contributed by atoms with Crippen LogP contribution < -0.4 is 4.90 Å². The van der Waals surface area contributed by atoms with Gasteiger partial charge in [-0.15, -0.1) is 0 Å². The van der Waals surface area contributed by atoms with E-state index >= 15 is 0 Å². The lowest BCUT2D eigenvalue weighted by Crippen LogP contribution is -2.56. The van der Waals surface area contributed by atoms with E-state index in [1.54, 1.807) is 0 Å². The van der Waals surface area contributed by atoms with Gasteiger partial charge in [0.15, 0.2) is 9.84 Å². The minimum absolute atomic E-state index is 0.0663. The maximum absolute atomic E-state index is 13.5. The molecule has 1 aromatic carbocycles. The number of benzene rings is 1. The standard InChI is InChI=1S/C16H18F5NO3S/c1-25-11-3-4-12(7-11)26(23,24)14-5-2-10(6-13(14)16(19,20)21)22-8-15(17,18)9-22/h2,5-6,11-12H,3-4,7-9H2,1H3/t11-,12+/m0/s1. The van der Waals surface area contributed by atoms with E-state index < -0.39 is 50.7 Å². The lowest BCUT2D eigenvalue weighted by molar-refractivity contribution is -0.139. The predicted octanol–water partition coefficient (Wildman–Crippen LogP) is 3.50. The summed E-state index contributed by atoms with van der Waals surface area (Å²) in [6, 6.07) is 2.68. The Morgan fingerprint density at radius 2 is 1.85 bits per heavy atom. The summed E-state index contributed by atoms with van der Waals surface area (Å²) in [7, 11) is -2.79. The maximum atomic E-state index is 13.5. The molecule has 1 aromatic rings. The van der Waals surface area contributed by atoms with Gasteiger partial charge in [-0.05, 0) is 37.5 Å². The van der Waals surface area contributed by atoms with E-state index in [2.05, 4.69) is 0 Å². The summed E-state index contributed by atoms with van der Waals surface area (Å²) in [5.74, 6) is -2.94. The third-order valence-corrected chi connectivity index (χ3v) is 7.17. The number of halogens is 5. The molecule has 1 saturated heterocycles. The van der Waals surface area contributed by atoms with Gasteiger partial charge >= 0.3 is 6.18 Å². The van der Waals surface area contributed by atoms with Crippen LogP contribution in [0.15, 0.2) is 23.1 Å². The number of sulfone groups is 1. The molecule has 2 fully saturated rings. The monoisotopic (exact) mass is 399 g/mol. The summed E-state index contributed by atoms with van der Waals surface area (Å²) in [6.07, 6.45) is -4.39. The highest BCUT2D eigenvalue weighted by molar-refractivity contribution is 7.92. The summed E-state index contributed by atoms with van der Waals surface area (Å²) < 4.78 is 97.0. The van der Waals surface area contributed by atoms with Crippen LogP contribution in [0.1, 0.15) is 24.8 Å². The molecule has 3 rings (SSSR count). The van der Waals surface area contributed by atoms with Gasteiger partial charge in [-0.25, -0.2) is 17.2 Å². The van der Waals surface area contributed by atoms with Gasteiger partial charge in [-0.3, -0.25) is 0 Å². The number of nitrogens with zero attached hydrogens (tertiary/aromatic N) is 1. The van der Waals surface area contributed by atoms with Crippen molar-refractivity contribution in [3.8, 4) is 0 Å². The number of hydrogen-bond donors (Lipinski definition) is 0. The molecule has 0 N–H and O–H groups in total. The first-order valence-electron chi connectivity index (χ1n) is 8.05. The predicted molar refractivity (Wildman–Crippen MR) is 84.2 cm³/mol. The zero-order valence-corrected chi connectivity index (χ0v) is 14.7. The average molecular weight is 399 g/mol. The molecule has 1 aliphatic heterocycles. The molecule has 0 amide bonds. The Balaban J connectivity index is 1.96. The van der Waals surface area contributed by atoms with Gasteiger partial charge in [0.1, 0.15) is 0 Å². The molecule has 0 radical (unpaired) electrons. The molecule has 146 valence electrons. The third kappa shape index (κ3) is 3.53. The Kier molecular flexibility index (Phi) is 4.71. The molecular formula is C16H18F5NO3S. The first kappa shape index (κ1) is 19.3. The molecule has 0 aromatic heterocycles. The zero-order valence-electron chi connectivity index (χ0n) is 13.9. The quantitative estimate of drug-likeness (QED) is 0.727. The molecule has 0 unspecified atom stereocenters. The molecule has 1 saturated carbocycles. The van der Waals surface area contributed by atoms with E-state index in [1.807, 2.05) is 0 Å². The summed E-state index contributed by atoms with van der Waals surface area (Å²) in [5.41, 5.74) is -1.38. The number of hydrogen-bond acceptors (Lipinski definition) is 4. The highest BCUT2D eigenvalue weighted by atomic mass is 32.2. The SMILES string of the molecule is CO[C@H]1CC[C@@H](S(=O)(=O)c2ccc(N3CC(F)(F)C3)cc2C(F)(F)F)C1. The minimum Gasteiger partial charge on any atom is -0.381 e. The van der Waals surface area contributed by atoms with Crippen LogP contribution in [-0.2, 0) is 20.8 Å². The third-order valence-electron chi connectivity index (χ3n) is 4.89. The van der Waals surface area contributed by atoms with Gasteiger partial charge < -0.3 is 9.64 Å². The molecule has 10 heteroatoms. The van der Waals surface area contributed by atoms with E-state index in [0.717, 1.165) is 17.0 Å². The average Bonchev–Trinajstić information content (AvgIpc) is 3.01. The van der Waals surface area contributed by atoms with Crippen LogP contribution >= 0.6 is 0 Å². The molecule has 2 atom stereocenters. The van der Waals surface area contributed by atoms with Gasteiger partial charge in [0.25, 0.3) is 5.92 Å². The molecule has 4 nitrogen and oxygen atoms in total. The Hall–Kier alpha value is -1.42. The number of anilines is 1. The first-order chi connectivity index (χ1) is 11.9. The lowest BCUT2D eigenvalue weighted by atomic mass is 10.1. The molecule has 26 heavy (non-hydrogen) atoms. The summed E-state index contributed by atoms with van der Waals surface area (Å²) in [5, 5.41) is -0.951. The van der Waals surface area contributed by atoms with Crippen molar-refractivity contribution in [2.75, 3.05) is 25.1 Å². The van der Waals surface area contributed by atoms with Crippen molar-refractivity contribution < 1.29 is 35.1 Å². The van der Waals surface area contributed by atoms with Crippen LogP contribution in [0.5, 0.6) is 0 Å². The summed E-state index contributed by atoms with van der Waals surface area (Å²) in [4.78, 5) is 0.283. The Bertz CT molecular complexity index is 786. The van der Waals surface area contributed by atoms with E-state index in [-0.39, 0.29) is 24.6 Å². The molecule has 0 bridgehead atoms. The topological polar surface area (TPSA) is 46.6 Å². The van der Waals surface area contributed by atoms with Crippen molar-refractivity contribution in [2.45, 2.75) is 47.6 Å². The van der Waals surface area contributed by atoms with Crippen LogP contribution in [0.2, 0.25) is 0 Å². The van der Waals surface area contributed by atoms with E-state index in [1.165, 1.54) is 7.11 Å². The van der Waals surface area contributed by atoms with Crippen LogP contribution in [0, 0.1) is 0 Å². The first-order valence-corrected chi connectivity index (χ1v) is 9.59. The molecular weight excluding hydrogens is 381 g/mol. The van der Waals surface area contributed by atoms with Crippen molar-refractivity contribution in [3.63, 3.8) is 0 Å². The van der Waals surface area contributed by atoms with Gasteiger partial charge in [-0.1, -0.05) is 0 Å². The van der Waals surface area contributed by atoms with Gasteiger partial charge in [0, 0.05) is 12.8 Å². The minimum atomic E-state index is -4.91. The molecule has 0 spiro atoms. The van der Waals surface area contributed by atoms with Gasteiger partial charge in [0.05, 0.1) is 34.9 Å². The molecule has 2 aliphatic rings. The number of methoxy groups -OCH3 is 1. The highest BCUT2D eigenvalue weighted by Gasteiger charge is 2.46. The fourth-order valence-corrected chi connectivity index (χ4v) is 5.47. The molecule has 1 aliphatic carbocycles. The Morgan fingerprint density at radius 3 is 2.35 bits per heavy atom. The van der Waals surface area contributed by atoms with E-state index in [4.69, 9.17) is 4.74 Å². The number of rotatable bonds is 4. The summed E-state index contributed by atoms with van der Waals surface area (Å²) >= 11 is 0. The number of alkyl halides is 5. The molecule has 1 heterocycles. The van der Waals surface area contributed by atoms with Crippen molar-refractivity contribution in [1.29, 1.82) is 0 Å². The fraction of sp³-hybridized carbons (Fsp3) is 0.625. The van der Waals surface area contributed by atoms with E-state index in [9.17, 15) is 30.4 Å². The largest absolute Gasteiger partial charge is 0.417 e. The van der Waals surface area contributed by atoms with Gasteiger partial charge in [-0.2, -0.15) is 13.2 Å². The van der Waals surface area contributed by atoms with Crippen molar-refractivity contribution in [1.82, 2.24) is 0 Å². The second kappa shape index (κ2) is 6.33. The maximum Gasteiger partial charge on any atom is 0.417 e. The number of ether oxygens (including phenoxy) is 1. The highest BCUT2D eigenvalue weighted by Crippen LogP contribution is 2.42. The van der Waals surface area contributed by atoms with Crippen molar-refractivity contribution in [3.05, 3.63) is 23.8 Å².